The summed E-state index contributed by atoms with van der Waals surface area (Å²) in [6.07, 6.45) is 1.54. The fraction of sp³-hybridized carbons (Fsp3) is 0.500. The number of esters is 1. The monoisotopic (exact) mass is 213 g/mol. The normalized spacial score (nSPS) is 12.1. The van der Waals surface area contributed by atoms with E-state index in [0.29, 0.717) is 5.69 Å². The van der Waals surface area contributed by atoms with Crippen LogP contribution < -0.4 is 0 Å². The predicted octanol–water partition coefficient (Wildman–Crippen LogP) is -0.769. The van der Waals surface area contributed by atoms with E-state index in [4.69, 9.17) is 5.11 Å². The maximum absolute atomic E-state index is 11.1. The number of aromatic nitrogens is 3. The van der Waals surface area contributed by atoms with E-state index in [1.165, 1.54) is 4.68 Å². The lowest BCUT2D eigenvalue weighted by Crippen LogP contribution is -2.27. The molecule has 0 saturated heterocycles. The summed E-state index contributed by atoms with van der Waals surface area (Å²) in [5.74, 6) is -3.24. The Kier molecular flexibility index (Phi) is 3.37. The summed E-state index contributed by atoms with van der Waals surface area (Å²) < 4.78 is 5.81. The highest BCUT2D eigenvalue weighted by Crippen LogP contribution is 2.08. The molecule has 1 heterocycles. The summed E-state index contributed by atoms with van der Waals surface area (Å²) >= 11 is 0. The molecule has 0 bridgehead atoms. The van der Waals surface area contributed by atoms with Crippen LogP contribution in [-0.4, -0.2) is 39.1 Å². The molecule has 1 unspecified atom stereocenters. The number of carboxylic acid groups (broad SMARTS) is 1. The maximum atomic E-state index is 11.1. The van der Waals surface area contributed by atoms with E-state index < -0.39 is 17.9 Å². The number of rotatable bonds is 4. The molecule has 1 rings (SSSR count). The van der Waals surface area contributed by atoms with Gasteiger partial charge in [-0.2, -0.15) is 0 Å². The van der Waals surface area contributed by atoms with Crippen molar-refractivity contribution in [3.63, 3.8) is 0 Å². The van der Waals surface area contributed by atoms with Crippen LogP contribution in [0.4, 0.5) is 0 Å². The average Bonchev–Trinajstić information content (AvgIpc) is 2.59. The van der Waals surface area contributed by atoms with Crippen molar-refractivity contribution in [3.05, 3.63) is 11.9 Å². The van der Waals surface area contributed by atoms with E-state index in [9.17, 15) is 9.59 Å². The largest absolute Gasteiger partial charge is 0.481 e. The van der Waals surface area contributed by atoms with E-state index in [1.54, 1.807) is 13.2 Å². The molecule has 0 aliphatic rings. The number of nitrogens with zero attached hydrogens (tertiary/aromatic N) is 3. The highest BCUT2D eigenvalue weighted by molar-refractivity contribution is 5.94. The van der Waals surface area contributed by atoms with Crippen molar-refractivity contribution in [2.24, 2.45) is 13.0 Å². The Balaban J connectivity index is 2.75. The van der Waals surface area contributed by atoms with Gasteiger partial charge in [0.05, 0.1) is 12.8 Å². The molecule has 1 aromatic heterocycles. The minimum Gasteiger partial charge on any atom is -0.481 e. The number of aliphatic carboxylic acids is 1. The highest BCUT2D eigenvalue weighted by atomic mass is 16.5. The number of carbonyl (C=O) groups excluding carboxylic acids is 1. The first-order valence-electron chi connectivity index (χ1n) is 4.20. The second kappa shape index (κ2) is 4.54. The zero-order valence-electron chi connectivity index (χ0n) is 8.38. The predicted molar refractivity (Wildman–Crippen MR) is 47.8 cm³/mol. The van der Waals surface area contributed by atoms with Gasteiger partial charge in [-0.1, -0.05) is 5.21 Å². The number of methoxy groups -OCH3 is 1. The molecular weight excluding hydrogens is 202 g/mol. The summed E-state index contributed by atoms with van der Waals surface area (Å²) in [4.78, 5) is 21.9. The zero-order valence-corrected chi connectivity index (χ0v) is 8.38. The van der Waals surface area contributed by atoms with Crippen LogP contribution in [0.25, 0.3) is 0 Å². The second-order valence-corrected chi connectivity index (χ2v) is 3.00. The molecule has 0 aromatic carbocycles. The average molecular weight is 213 g/mol. The van der Waals surface area contributed by atoms with Crippen LogP contribution in [-0.2, 0) is 27.8 Å². The fourth-order valence-corrected chi connectivity index (χ4v) is 1.11. The fourth-order valence-electron chi connectivity index (χ4n) is 1.11. The molecule has 0 saturated carbocycles. The molecule has 1 aromatic rings. The third kappa shape index (κ3) is 2.76. The van der Waals surface area contributed by atoms with E-state index in [0.717, 1.165) is 7.11 Å². The standard InChI is InChI=1S/C8H11N3O4/c1-11-4-5(9-10-11)3-6(7(12)13)8(14)15-2/h4,6H,3H2,1-2H3,(H,12,13). The van der Waals surface area contributed by atoms with Gasteiger partial charge < -0.3 is 9.84 Å². The van der Waals surface area contributed by atoms with Crippen LogP contribution in [0.2, 0.25) is 0 Å². The van der Waals surface area contributed by atoms with Gasteiger partial charge in [0.1, 0.15) is 0 Å². The SMILES string of the molecule is COC(=O)C(Cc1cn(C)nn1)C(=O)O. The zero-order chi connectivity index (χ0) is 11.4. The lowest BCUT2D eigenvalue weighted by molar-refractivity contribution is -0.156. The van der Waals surface area contributed by atoms with Crippen LogP contribution in [0.5, 0.6) is 0 Å². The first kappa shape index (κ1) is 11.2. The van der Waals surface area contributed by atoms with E-state index >= 15 is 0 Å². The smallest absolute Gasteiger partial charge is 0.320 e. The van der Waals surface area contributed by atoms with Crippen LogP contribution in [0, 0.1) is 5.92 Å². The molecule has 0 radical (unpaired) electrons. The van der Waals surface area contributed by atoms with Gasteiger partial charge in [-0.3, -0.25) is 14.3 Å². The van der Waals surface area contributed by atoms with Gasteiger partial charge in [-0.25, -0.2) is 0 Å². The molecule has 7 nitrogen and oxygen atoms in total. The van der Waals surface area contributed by atoms with Crippen molar-refractivity contribution >= 4 is 11.9 Å². The molecule has 0 aliphatic heterocycles. The van der Waals surface area contributed by atoms with Crippen molar-refractivity contribution in [2.45, 2.75) is 6.42 Å². The van der Waals surface area contributed by atoms with E-state index in [2.05, 4.69) is 15.0 Å². The minimum atomic E-state index is -1.23. The van der Waals surface area contributed by atoms with Crippen LogP contribution in [0.15, 0.2) is 6.20 Å². The van der Waals surface area contributed by atoms with E-state index in [1.807, 2.05) is 0 Å². The molecule has 15 heavy (non-hydrogen) atoms. The Morgan fingerprint density at radius 3 is 2.73 bits per heavy atom. The van der Waals surface area contributed by atoms with Crippen molar-refractivity contribution in [1.29, 1.82) is 0 Å². The van der Waals surface area contributed by atoms with Gasteiger partial charge in [0.15, 0.2) is 5.92 Å². The lowest BCUT2D eigenvalue weighted by atomic mass is 10.0. The molecule has 7 heteroatoms. The van der Waals surface area contributed by atoms with E-state index in [-0.39, 0.29) is 6.42 Å². The van der Waals surface area contributed by atoms with Crippen molar-refractivity contribution in [3.8, 4) is 0 Å². The van der Waals surface area contributed by atoms with Gasteiger partial charge in [-0.05, 0) is 0 Å². The Morgan fingerprint density at radius 2 is 2.33 bits per heavy atom. The summed E-state index contributed by atoms with van der Waals surface area (Å²) in [6, 6.07) is 0. The molecule has 0 spiro atoms. The third-order valence-corrected chi connectivity index (χ3v) is 1.85. The molecule has 0 amide bonds. The summed E-state index contributed by atoms with van der Waals surface area (Å²) in [5, 5.41) is 16.1. The van der Waals surface area contributed by atoms with Crippen LogP contribution >= 0.6 is 0 Å². The molecule has 0 aliphatic carbocycles. The Morgan fingerprint density at radius 1 is 1.67 bits per heavy atom. The maximum Gasteiger partial charge on any atom is 0.320 e. The van der Waals surface area contributed by atoms with Gasteiger partial charge in [0.25, 0.3) is 0 Å². The number of aryl methyl sites for hydroxylation is 1. The van der Waals surface area contributed by atoms with Crippen molar-refractivity contribution in [1.82, 2.24) is 15.0 Å². The van der Waals surface area contributed by atoms with Gasteiger partial charge in [0, 0.05) is 19.7 Å². The Hall–Kier alpha value is -1.92. The molecular formula is C8H11N3O4. The number of hydrogen-bond acceptors (Lipinski definition) is 5. The number of hydrogen-bond donors (Lipinski definition) is 1. The highest BCUT2D eigenvalue weighted by Gasteiger charge is 2.28. The Bertz CT molecular complexity index is 374. The van der Waals surface area contributed by atoms with Gasteiger partial charge >= 0.3 is 11.9 Å². The number of carboxylic acids is 1. The van der Waals surface area contributed by atoms with Gasteiger partial charge in [0.2, 0.25) is 0 Å². The number of ether oxygens (including phenoxy) is 1. The molecule has 1 N–H and O–H groups in total. The molecule has 1 atom stereocenters. The van der Waals surface area contributed by atoms with Crippen LogP contribution in [0.3, 0.4) is 0 Å². The quantitative estimate of drug-likeness (QED) is 0.521. The molecule has 0 fully saturated rings. The summed E-state index contributed by atoms with van der Waals surface area (Å²) in [7, 11) is 2.80. The minimum absolute atomic E-state index is 0.0180. The lowest BCUT2D eigenvalue weighted by Gasteiger charge is -2.07. The van der Waals surface area contributed by atoms with Crippen LogP contribution in [0.1, 0.15) is 5.69 Å². The number of carbonyl (C=O) groups is 2. The summed E-state index contributed by atoms with van der Waals surface area (Å²) in [5.41, 5.74) is 0.440. The van der Waals surface area contributed by atoms with Crippen molar-refractivity contribution < 1.29 is 19.4 Å². The first-order valence-corrected chi connectivity index (χ1v) is 4.20. The van der Waals surface area contributed by atoms with Crippen molar-refractivity contribution in [2.75, 3.05) is 7.11 Å². The summed E-state index contributed by atoms with van der Waals surface area (Å²) in [6.45, 7) is 0. The topological polar surface area (TPSA) is 94.3 Å². The molecule has 82 valence electrons. The Labute approximate surface area is 85.6 Å². The van der Waals surface area contributed by atoms with Gasteiger partial charge in [-0.15, -0.1) is 5.10 Å². The third-order valence-electron chi connectivity index (χ3n) is 1.85. The first-order chi connectivity index (χ1) is 7.04. The second-order valence-electron chi connectivity index (χ2n) is 3.00.